The van der Waals surface area contributed by atoms with E-state index in [1.807, 2.05) is 36.0 Å². The molecule has 1 atom stereocenters. The van der Waals surface area contributed by atoms with Crippen molar-refractivity contribution in [3.8, 4) is 11.5 Å². The van der Waals surface area contributed by atoms with Gasteiger partial charge >= 0.3 is 0 Å². The van der Waals surface area contributed by atoms with Crippen molar-refractivity contribution in [2.75, 3.05) is 12.9 Å². The summed E-state index contributed by atoms with van der Waals surface area (Å²) in [6.07, 6.45) is 1.30. The lowest BCUT2D eigenvalue weighted by atomic mass is 10.1. The minimum absolute atomic E-state index is 0.282. The SMILES string of the molecule is COc1ccc(SCC2Cc3ccccc3O2)cc1. The van der Waals surface area contributed by atoms with Crippen molar-refractivity contribution in [1.29, 1.82) is 0 Å². The van der Waals surface area contributed by atoms with Crippen LogP contribution in [0.25, 0.3) is 0 Å². The number of fused-ring (bicyclic) bond motifs is 1. The van der Waals surface area contributed by atoms with Crippen LogP contribution in [0, 0.1) is 0 Å². The molecule has 98 valence electrons. The number of rotatable bonds is 4. The van der Waals surface area contributed by atoms with Gasteiger partial charge in [0.1, 0.15) is 17.6 Å². The molecule has 0 amide bonds. The lowest BCUT2D eigenvalue weighted by Crippen LogP contribution is -2.15. The van der Waals surface area contributed by atoms with Crippen LogP contribution in [0.1, 0.15) is 5.56 Å². The molecule has 0 saturated carbocycles. The molecule has 2 aromatic carbocycles. The van der Waals surface area contributed by atoms with Crippen molar-refractivity contribution in [2.24, 2.45) is 0 Å². The molecule has 1 heterocycles. The first kappa shape index (κ1) is 12.4. The summed E-state index contributed by atoms with van der Waals surface area (Å²) in [6, 6.07) is 16.5. The van der Waals surface area contributed by atoms with E-state index in [1.54, 1.807) is 7.11 Å². The third-order valence-electron chi connectivity index (χ3n) is 3.21. The van der Waals surface area contributed by atoms with Gasteiger partial charge in [-0.1, -0.05) is 18.2 Å². The van der Waals surface area contributed by atoms with Gasteiger partial charge in [0.2, 0.25) is 0 Å². The molecule has 0 aliphatic carbocycles. The average Bonchev–Trinajstić information content (AvgIpc) is 2.88. The van der Waals surface area contributed by atoms with E-state index in [0.717, 1.165) is 23.7 Å². The smallest absolute Gasteiger partial charge is 0.123 e. The van der Waals surface area contributed by atoms with Crippen molar-refractivity contribution in [1.82, 2.24) is 0 Å². The summed E-state index contributed by atoms with van der Waals surface area (Å²) in [6.45, 7) is 0. The highest BCUT2D eigenvalue weighted by Gasteiger charge is 2.22. The topological polar surface area (TPSA) is 18.5 Å². The lowest BCUT2D eigenvalue weighted by molar-refractivity contribution is 0.259. The van der Waals surface area contributed by atoms with E-state index in [9.17, 15) is 0 Å². The van der Waals surface area contributed by atoms with Crippen molar-refractivity contribution in [2.45, 2.75) is 17.4 Å². The number of methoxy groups -OCH3 is 1. The molecular weight excluding hydrogens is 256 g/mol. The fourth-order valence-electron chi connectivity index (χ4n) is 2.21. The number of benzene rings is 2. The molecule has 0 saturated heterocycles. The molecular formula is C16H16O2S. The summed E-state index contributed by atoms with van der Waals surface area (Å²) >= 11 is 1.83. The van der Waals surface area contributed by atoms with E-state index in [-0.39, 0.29) is 6.10 Å². The van der Waals surface area contributed by atoms with Gasteiger partial charge in [-0.05, 0) is 35.9 Å². The van der Waals surface area contributed by atoms with Crippen LogP contribution in [-0.4, -0.2) is 19.0 Å². The molecule has 19 heavy (non-hydrogen) atoms. The molecule has 1 aliphatic heterocycles. The fraction of sp³-hybridized carbons (Fsp3) is 0.250. The molecule has 1 unspecified atom stereocenters. The van der Waals surface area contributed by atoms with Crippen LogP contribution in [0.3, 0.4) is 0 Å². The maximum Gasteiger partial charge on any atom is 0.123 e. The molecule has 1 aliphatic rings. The van der Waals surface area contributed by atoms with Gasteiger partial charge in [-0.25, -0.2) is 0 Å². The number of hydrogen-bond acceptors (Lipinski definition) is 3. The van der Waals surface area contributed by atoms with E-state index in [2.05, 4.69) is 24.3 Å². The van der Waals surface area contributed by atoms with Gasteiger partial charge in [0.15, 0.2) is 0 Å². The van der Waals surface area contributed by atoms with Crippen molar-refractivity contribution in [3.63, 3.8) is 0 Å². The standard InChI is InChI=1S/C16H16O2S/c1-17-13-6-8-15(9-7-13)19-11-14-10-12-4-2-3-5-16(12)18-14/h2-9,14H,10-11H2,1H3. The first-order valence-corrected chi connectivity index (χ1v) is 7.35. The second-order valence-electron chi connectivity index (χ2n) is 4.54. The van der Waals surface area contributed by atoms with Crippen LogP contribution < -0.4 is 9.47 Å². The molecule has 2 nitrogen and oxygen atoms in total. The van der Waals surface area contributed by atoms with Crippen LogP contribution >= 0.6 is 11.8 Å². The largest absolute Gasteiger partial charge is 0.497 e. The van der Waals surface area contributed by atoms with Crippen molar-refractivity contribution >= 4 is 11.8 Å². The Labute approximate surface area is 117 Å². The normalized spacial score (nSPS) is 16.8. The van der Waals surface area contributed by atoms with Gasteiger partial charge in [-0.3, -0.25) is 0 Å². The van der Waals surface area contributed by atoms with Gasteiger partial charge in [0.25, 0.3) is 0 Å². The van der Waals surface area contributed by atoms with Gasteiger partial charge in [-0.15, -0.1) is 11.8 Å². The Balaban J connectivity index is 1.56. The van der Waals surface area contributed by atoms with E-state index < -0.39 is 0 Å². The molecule has 0 spiro atoms. The molecule has 3 rings (SSSR count). The first-order valence-electron chi connectivity index (χ1n) is 6.36. The zero-order valence-corrected chi connectivity index (χ0v) is 11.7. The summed E-state index contributed by atoms with van der Waals surface area (Å²) in [5, 5.41) is 0. The molecule has 0 aromatic heterocycles. The molecule has 3 heteroatoms. The maximum absolute atomic E-state index is 5.93. The fourth-order valence-corrected chi connectivity index (χ4v) is 3.10. The van der Waals surface area contributed by atoms with Crippen LogP contribution in [0.15, 0.2) is 53.4 Å². The molecule has 2 aromatic rings. The molecule has 0 radical (unpaired) electrons. The van der Waals surface area contributed by atoms with Crippen LogP contribution in [0.5, 0.6) is 11.5 Å². The summed E-state index contributed by atoms with van der Waals surface area (Å²) in [4.78, 5) is 1.25. The average molecular weight is 272 g/mol. The predicted molar refractivity (Wildman–Crippen MR) is 78.3 cm³/mol. The third kappa shape index (κ3) is 2.87. The van der Waals surface area contributed by atoms with Crippen molar-refractivity contribution < 1.29 is 9.47 Å². The summed E-state index contributed by atoms with van der Waals surface area (Å²) in [7, 11) is 1.69. The molecule has 0 fully saturated rings. The quantitative estimate of drug-likeness (QED) is 0.789. The van der Waals surface area contributed by atoms with Gasteiger partial charge in [-0.2, -0.15) is 0 Å². The summed E-state index contributed by atoms with van der Waals surface area (Å²) < 4.78 is 11.1. The minimum Gasteiger partial charge on any atom is -0.497 e. The second-order valence-corrected chi connectivity index (χ2v) is 5.63. The Kier molecular flexibility index (Phi) is 3.65. The van der Waals surface area contributed by atoms with E-state index in [1.165, 1.54) is 10.5 Å². The Morgan fingerprint density at radius 1 is 1.16 bits per heavy atom. The highest BCUT2D eigenvalue weighted by molar-refractivity contribution is 7.99. The van der Waals surface area contributed by atoms with Crippen LogP contribution in [-0.2, 0) is 6.42 Å². The zero-order valence-electron chi connectivity index (χ0n) is 10.8. The first-order chi connectivity index (χ1) is 9.35. The highest BCUT2D eigenvalue weighted by Crippen LogP contribution is 2.31. The van der Waals surface area contributed by atoms with Crippen LogP contribution in [0.2, 0.25) is 0 Å². The summed E-state index contributed by atoms with van der Waals surface area (Å²) in [5.41, 5.74) is 1.32. The minimum atomic E-state index is 0.282. The highest BCUT2D eigenvalue weighted by atomic mass is 32.2. The number of ether oxygens (including phenoxy) is 2. The Bertz CT molecular complexity index is 526. The Morgan fingerprint density at radius 2 is 1.95 bits per heavy atom. The predicted octanol–water partition coefficient (Wildman–Crippen LogP) is 3.79. The Hall–Kier alpha value is -1.61. The number of thioether (sulfide) groups is 1. The number of hydrogen-bond donors (Lipinski definition) is 0. The van der Waals surface area contributed by atoms with Gasteiger partial charge in [0, 0.05) is 17.1 Å². The van der Waals surface area contributed by atoms with Gasteiger partial charge < -0.3 is 9.47 Å². The monoisotopic (exact) mass is 272 g/mol. The van der Waals surface area contributed by atoms with Crippen LogP contribution in [0.4, 0.5) is 0 Å². The van der Waals surface area contributed by atoms with Crippen molar-refractivity contribution in [3.05, 3.63) is 54.1 Å². The lowest BCUT2D eigenvalue weighted by Gasteiger charge is -2.10. The van der Waals surface area contributed by atoms with Gasteiger partial charge in [0.05, 0.1) is 7.11 Å². The van der Waals surface area contributed by atoms with E-state index >= 15 is 0 Å². The second kappa shape index (κ2) is 5.57. The van der Waals surface area contributed by atoms with E-state index in [0.29, 0.717) is 0 Å². The zero-order chi connectivity index (χ0) is 13.1. The summed E-state index contributed by atoms with van der Waals surface area (Å²) in [5.74, 6) is 2.91. The molecule has 0 N–H and O–H groups in total. The maximum atomic E-state index is 5.93. The van der Waals surface area contributed by atoms with E-state index in [4.69, 9.17) is 9.47 Å². The third-order valence-corrected chi connectivity index (χ3v) is 4.35. The molecule has 0 bridgehead atoms. The number of para-hydroxylation sites is 1. The Morgan fingerprint density at radius 3 is 2.68 bits per heavy atom.